The fourth-order valence-electron chi connectivity index (χ4n) is 7.76. The standard InChI is InChI=1S/C49H90N2O4/c1-5-9-13-17-19-25-33-45(31-23-15-11-7-3)43-54-48(52)35-27-21-29-41-51(47-37-39-50-40-38-47)42-30-22-28-36-49(53)55-44-46(32-24-16-12-8-4)34-26-20-18-14-10-6-2/h37-40,45-46H,5-36,41-44H2,1-4H3. The van der Waals surface area contributed by atoms with Gasteiger partial charge in [0.25, 0.3) is 0 Å². The van der Waals surface area contributed by atoms with Crippen LogP contribution in [0.4, 0.5) is 5.69 Å². The van der Waals surface area contributed by atoms with Crippen LogP contribution in [0, 0.1) is 11.8 Å². The molecule has 0 amide bonds. The van der Waals surface area contributed by atoms with Gasteiger partial charge in [-0.15, -0.1) is 0 Å². The van der Waals surface area contributed by atoms with Crippen LogP contribution < -0.4 is 4.90 Å². The predicted octanol–water partition coefficient (Wildman–Crippen LogP) is 14.8. The number of ether oxygens (including phenoxy) is 2. The van der Waals surface area contributed by atoms with Crippen molar-refractivity contribution >= 4 is 17.6 Å². The molecule has 0 aromatic carbocycles. The maximum Gasteiger partial charge on any atom is 0.305 e. The Bertz CT molecular complexity index is 915. The number of anilines is 1. The highest BCUT2D eigenvalue weighted by molar-refractivity contribution is 5.69. The molecule has 55 heavy (non-hydrogen) atoms. The Balaban J connectivity index is 2.37. The second kappa shape index (κ2) is 38.7. The summed E-state index contributed by atoms with van der Waals surface area (Å²) in [5.74, 6) is 0.991. The molecule has 2 unspecified atom stereocenters. The maximum atomic E-state index is 12.7. The molecule has 6 nitrogen and oxygen atoms in total. The van der Waals surface area contributed by atoms with Gasteiger partial charge < -0.3 is 14.4 Å². The highest BCUT2D eigenvalue weighted by Gasteiger charge is 2.14. The van der Waals surface area contributed by atoms with E-state index in [-0.39, 0.29) is 11.9 Å². The summed E-state index contributed by atoms with van der Waals surface area (Å²) in [5.41, 5.74) is 1.19. The van der Waals surface area contributed by atoms with Crippen LogP contribution in [0.15, 0.2) is 24.5 Å². The quantitative estimate of drug-likeness (QED) is 0.0488. The van der Waals surface area contributed by atoms with E-state index in [0.29, 0.717) is 37.9 Å². The Morgan fingerprint density at radius 3 is 1.18 bits per heavy atom. The highest BCUT2D eigenvalue weighted by atomic mass is 16.5. The molecule has 320 valence electrons. The van der Waals surface area contributed by atoms with E-state index in [1.165, 1.54) is 160 Å². The second-order valence-corrected chi connectivity index (χ2v) is 16.7. The molecule has 0 aliphatic rings. The van der Waals surface area contributed by atoms with Gasteiger partial charge in [-0.1, -0.05) is 169 Å². The van der Waals surface area contributed by atoms with Crippen molar-refractivity contribution in [3.63, 3.8) is 0 Å². The molecule has 0 radical (unpaired) electrons. The normalized spacial score (nSPS) is 12.4. The number of aromatic nitrogens is 1. The molecule has 1 aromatic rings. The minimum atomic E-state index is -0.0219. The summed E-state index contributed by atoms with van der Waals surface area (Å²) in [6.45, 7) is 12.2. The van der Waals surface area contributed by atoms with Crippen LogP contribution in [0.5, 0.6) is 0 Å². The SMILES string of the molecule is CCCCCCCCC(CCCCCC)COC(=O)CCCCCN(CCCCCC(=O)OCC(CCCCCC)CCCCCCCC)c1ccncc1. The monoisotopic (exact) mass is 771 g/mol. The molecular weight excluding hydrogens is 681 g/mol. The third-order valence-electron chi connectivity index (χ3n) is 11.5. The van der Waals surface area contributed by atoms with Crippen molar-refractivity contribution in [2.24, 2.45) is 11.8 Å². The molecule has 0 saturated carbocycles. The number of carbonyl (C=O) groups is 2. The first-order valence-corrected chi connectivity index (χ1v) is 24.0. The van der Waals surface area contributed by atoms with E-state index in [2.05, 4.69) is 49.7 Å². The van der Waals surface area contributed by atoms with Gasteiger partial charge in [0.05, 0.1) is 13.2 Å². The summed E-state index contributed by atoms with van der Waals surface area (Å²) in [6.07, 6.45) is 41.4. The van der Waals surface area contributed by atoms with Crippen LogP contribution in [0.1, 0.15) is 233 Å². The molecule has 1 rings (SSSR count). The molecule has 1 aromatic heterocycles. The predicted molar refractivity (Wildman–Crippen MR) is 236 cm³/mol. The summed E-state index contributed by atoms with van der Waals surface area (Å²) < 4.78 is 11.7. The van der Waals surface area contributed by atoms with Crippen molar-refractivity contribution in [1.82, 2.24) is 4.98 Å². The molecule has 6 heteroatoms. The summed E-state index contributed by atoms with van der Waals surface area (Å²) in [7, 11) is 0. The van der Waals surface area contributed by atoms with Crippen LogP contribution in [-0.2, 0) is 19.1 Å². The summed E-state index contributed by atoms with van der Waals surface area (Å²) >= 11 is 0. The number of pyridine rings is 1. The lowest BCUT2D eigenvalue weighted by Gasteiger charge is -2.25. The zero-order valence-corrected chi connectivity index (χ0v) is 36.9. The van der Waals surface area contributed by atoms with Gasteiger partial charge in [0.1, 0.15) is 0 Å². The number of rotatable bonds is 41. The van der Waals surface area contributed by atoms with Crippen LogP contribution in [-0.4, -0.2) is 43.2 Å². The number of hydrogen-bond donors (Lipinski definition) is 0. The molecule has 0 bridgehead atoms. The molecule has 0 fully saturated rings. The average Bonchev–Trinajstić information content (AvgIpc) is 3.20. The van der Waals surface area contributed by atoms with Crippen molar-refractivity contribution < 1.29 is 19.1 Å². The van der Waals surface area contributed by atoms with Gasteiger partial charge in [-0.3, -0.25) is 14.6 Å². The largest absolute Gasteiger partial charge is 0.465 e. The number of esters is 2. The van der Waals surface area contributed by atoms with E-state index in [1.54, 1.807) is 0 Å². The van der Waals surface area contributed by atoms with Gasteiger partial charge in [0.2, 0.25) is 0 Å². The number of nitrogens with zero attached hydrogens (tertiary/aromatic N) is 2. The van der Waals surface area contributed by atoms with Crippen molar-refractivity contribution in [2.75, 3.05) is 31.2 Å². The van der Waals surface area contributed by atoms with Gasteiger partial charge in [-0.2, -0.15) is 0 Å². The summed E-state index contributed by atoms with van der Waals surface area (Å²) in [6, 6.07) is 4.17. The molecule has 0 aliphatic heterocycles. The Hall–Kier alpha value is -2.11. The van der Waals surface area contributed by atoms with Crippen molar-refractivity contribution in [3.8, 4) is 0 Å². The summed E-state index contributed by atoms with van der Waals surface area (Å²) in [4.78, 5) is 32.0. The van der Waals surface area contributed by atoms with E-state index in [0.717, 1.165) is 51.6 Å². The van der Waals surface area contributed by atoms with Crippen molar-refractivity contribution in [3.05, 3.63) is 24.5 Å². The topological polar surface area (TPSA) is 68.7 Å². The second-order valence-electron chi connectivity index (χ2n) is 16.7. The Morgan fingerprint density at radius 2 is 0.800 bits per heavy atom. The first-order chi connectivity index (χ1) is 27.0. The van der Waals surface area contributed by atoms with Gasteiger partial charge >= 0.3 is 11.9 Å². The molecule has 0 N–H and O–H groups in total. The van der Waals surface area contributed by atoms with E-state index in [4.69, 9.17) is 9.47 Å². The number of hydrogen-bond acceptors (Lipinski definition) is 6. The highest BCUT2D eigenvalue weighted by Crippen LogP contribution is 2.22. The lowest BCUT2D eigenvalue weighted by molar-refractivity contribution is -0.146. The van der Waals surface area contributed by atoms with Crippen LogP contribution in [0.2, 0.25) is 0 Å². The molecule has 2 atom stereocenters. The van der Waals surface area contributed by atoms with Crippen LogP contribution in [0.25, 0.3) is 0 Å². The Kier molecular flexibility index (Phi) is 35.9. The minimum absolute atomic E-state index is 0.0219. The average molecular weight is 771 g/mol. The van der Waals surface area contributed by atoms with Crippen LogP contribution >= 0.6 is 0 Å². The third-order valence-corrected chi connectivity index (χ3v) is 11.5. The Morgan fingerprint density at radius 1 is 0.473 bits per heavy atom. The zero-order valence-electron chi connectivity index (χ0n) is 36.9. The van der Waals surface area contributed by atoms with Gasteiger partial charge in [-0.05, 0) is 75.3 Å². The van der Waals surface area contributed by atoms with Crippen molar-refractivity contribution in [1.29, 1.82) is 0 Å². The Labute approximate surface area is 341 Å². The van der Waals surface area contributed by atoms with Gasteiger partial charge in [0.15, 0.2) is 0 Å². The first-order valence-electron chi connectivity index (χ1n) is 24.0. The minimum Gasteiger partial charge on any atom is -0.465 e. The number of unbranched alkanes of at least 4 members (excludes halogenated alkanes) is 20. The molecule has 0 spiro atoms. The fraction of sp³-hybridized carbons (Fsp3) is 0.857. The smallest absolute Gasteiger partial charge is 0.305 e. The molecule has 1 heterocycles. The maximum absolute atomic E-state index is 12.7. The lowest BCUT2D eigenvalue weighted by Crippen LogP contribution is -2.25. The van der Waals surface area contributed by atoms with Gasteiger partial charge in [0, 0.05) is 44.0 Å². The van der Waals surface area contributed by atoms with E-state index < -0.39 is 0 Å². The van der Waals surface area contributed by atoms with Crippen LogP contribution in [0.3, 0.4) is 0 Å². The summed E-state index contributed by atoms with van der Waals surface area (Å²) in [5, 5.41) is 0. The lowest BCUT2D eigenvalue weighted by atomic mass is 9.95. The third kappa shape index (κ3) is 31.6. The molecular formula is C49H90N2O4. The van der Waals surface area contributed by atoms with E-state index in [9.17, 15) is 9.59 Å². The zero-order chi connectivity index (χ0) is 39.9. The van der Waals surface area contributed by atoms with E-state index in [1.807, 2.05) is 12.4 Å². The fourth-order valence-corrected chi connectivity index (χ4v) is 7.76. The molecule has 0 aliphatic carbocycles. The van der Waals surface area contributed by atoms with E-state index >= 15 is 0 Å². The van der Waals surface area contributed by atoms with Gasteiger partial charge in [-0.25, -0.2) is 0 Å². The molecule has 0 saturated heterocycles. The first kappa shape index (κ1) is 50.9. The number of carbonyl (C=O) groups excluding carboxylic acids is 2. The van der Waals surface area contributed by atoms with Crippen molar-refractivity contribution in [2.45, 2.75) is 233 Å².